The lowest BCUT2D eigenvalue weighted by Gasteiger charge is -2.25. The molecule has 0 aliphatic heterocycles. The number of aryl methyl sites for hydroxylation is 1. The van der Waals surface area contributed by atoms with Crippen molar-refractivity contribution in [1.82, 2.24) is 10.3 Å². The Hall–Kier alpha value is -0.610. The van der Waals surface area contributed by atoms with Crippen LogP contribution in [0.15, 0.2) is 0 Å². The van der Waals surface area contributed by atoms with E-state index in [1.54, 1.807) is 0 Å². The van der Waals surface area contributed by atoms with Crippen LogP contribution in [0.25, 0.3) is 0 Å². The van der Waals surface area contributed by atoms with Gasteiger partial charge in [0.05, 0.1) is 5.69 Å². The lowest BCUT2D eigenvalue weighted by atomic mass is 10.1. The second-order valence-corrected chi connectivity index (χ2v) is 5.64. The molecule has 1 aromatic rings. The Bertz CT molecular complexity index is 345. The zero-order valence-corrected chi connectivity index (χ0v) is 13.2. The molecule has 0 saturated carbocycles. The maximum absolute atomic E-state index is 4.80. The summed E-state index contributed by atoms with van der Waals surface area (Å²) < 4.78 is 0. The first kappa shape index (κ1) is 15.4. The summed E-state index contributed by atoms with van der Waals surface area (Å²) in [4.78, 5) is 8.54. The van der Waals surface area contributed by atoms with Gasteiger partial charge in [0.25, 0.3) is 0 Å². The average Bonchev–Trinajstić information content (AvgIpc) is 2.80. The summed E-state index contributed by atoms with van der Waals surface area (Å²) in [5.74, 6) is 0. The van der Waals surface area contributed by atoms with Crippen LogP contribution in [0.4, 0.5) is 5.13 Å². The van der Waals surface area contributed by atoms with Crippen molar-refractivity contribution in [2.24, 2.45) is 0 Å². The van der Waals surface area contributed by atoms with Crippen LogP contribution in [0.5, 0.6) is 0 Å². The summed E-state index contributed by atoms with van der Waals surface area (Å²) in [7, 11) is 2.17. The van der Waals surface area contributed by atoms with Gasteiger partial charge in [-0.2, -0.15) is 0 Å². The minimum Gasteiger partial charge on any atom is -0.348 e. The number of hydrogen-bond donors (Lipinski definition) is 1. The van der Waals surface area contributed by atoms with Gasteiger partial charge in [0, 0.05) is 24.5 Å². The average molecular weight is 269 g/mol. The van der Waals surface area contributed by atoms with Gasteiger partial charge in [-0.3, -0.25) is 0 Å². The number of nitrogens with one attached hydrogen (secondary N) is 1. The van der Waals surface area contributed by atoms with Gasteiger partial charge < -0.3 is 10.2 Å². The lowest BCUT2D eigenvalue weighted by Crippen LogP contribution is -2.30. The van der Waals surface area contributed by atoms with Crippen LogP contribution in [-0.4, -0.2) is 24.6 Å². The first-order valence-electron chi connectivity index (χ1n) is 7.09. The highest BCUT2D eigenvalue weighted by molar-refractivity contribution is 7.15. The summed E-state index contributed by atoms with van der Waals surface area (Å²) in [5.41, 5.74) is 1.26. The third kappa shape index (κ3) is 3.69. The first-order valence-corrected chi connectivity index (χ1v) is 7.91. The molecular formula is C14H27N3S. The van der Waals surface area contributed by atoms with Crippen LogP contribution in [0, 0.1) is 0 Å². The quantitative estimate of drug-likeness (QED) is 0.783. The third-order valence-electron chi connectivity index (χ3n) is 3.43. The summed E-state index contributed by atoms with van der Waals surface area (Å²) in [5, 5.41) is 4.58. The number of rotatable bonds is 8. The van der Waals surface area contributed by atoms with Gasteiger partial charge in [0.15, 0.2) is 5.13 Å². The number of hydrogen-bond acceptors (Lipinski definition) is 4. The van der Waals surface area contributed by atoms with E-state index in [0.717, 1.165) is 19.5 Å². The predicted octanol–water partition coefficient (Wildman–Crippen LogP) is 3.44. The number of aromatic nitrogens is 1. The molecule has 0 saturated heterocycles. The molecule has 4 heteroatoms. The standard InChI is InChI=1S/C14H27N3S/c1-6-11(7-2)17(5)14-16-12(8-3)13(18-14)10-15-9-4/h11,15H,6-10H2,1-5H3. The molecule has 0 aromatic carbocycles. The van der Waals surface area contributed by atoms with Crippen molar-refractivity contribution < 1.29 is 0 Å². The molecule has 0 aliphatic rings. The zero-order valence-electron chi connectivity index (χ0n) is 12.4. The van der Waals surface area contributed by atoms with E-state index in [1.807, 2.05) is 11.3 Å². The predicted molar refractivity (Wildman–Crippen MR) is 81.6 cm³/mol. The fourth-order valence-corrected chi connectivity index (χ4v) is 3.32. The Morgan fingerprint density at radius 3 is 2.39 bits per heavy atom. The van der Waals surface area contributed by atoms with Gasteiger partial charge in [-0.25, -0.2) is 4.98 Å². The van der Waals surface area contributed by atoms with E-state index in [-0.39, 0.29) is 0 Å². The SMILES string of the molecule is CCNCc1sc(N(C)C(CC)CC)nc1CC. The molecule has 0 radical (unpaired) electrons. The van der Waals surface area contributed by atoms with Gasteiger partial charge in [0.1, 0.15) is 0 Å². The maximum atomic E-state index is 4.80. The molecule has 1 N–H and O–H groups in total. The summed E-state index contributed by atoms with van der Waals surface area (Å²) >= 11 is 1.84. The molecular weight excluding hydrogens is 242 g/mol. The first-order chi connectivity index (χ1) is 8.67. The van der Waals surface area contributed by atoms with Crippen LogP contribution in [0.3, 0.4) is 0 Å². The van der Waals surface area contributed by atoms with E-state index in [1.165, 1.54) is 28.5 Å². The van der Waals surface area contributed by atoms with Crippen LogP contribution in [0.1, 0.15) is 51.1 Å². The van der Waals surface area contributed by atoms with Crippen LogP contribution in [-0.2, 0) is 13.0 Å². The Balaban J connectivity index is 2.85. The number of nitrogens with zero attached hydrogens (tertiary/aromatic N) is 2. The monoisotopic (exact) mass is 269 g/mol. The molecule has 0 bridgehead atoms. The highest BCUT2D eigenvalue weighted by Crippen LogP contribution is 2.28. The number of anilines is 1. The minimum absolute atomic E-state index is 0.604. The van der Waals surface area contributed by atoms with Gasteiger partial charge in [-0.05, 0) is 25.8 Å². The second-order valence-electron chi connectivity index (χ2n) is 4.58. The summed E-state index contributed by atoms with van der Waals surface area (Å²) in [6, 6.07) is 0.604. The van der Waals surface area contributed by atoms with Crippen molar-refractivity contribution in [3.63, 3.8) is 0 Å². The molecule has 18 heavy (non-hydrogen) atoms. The molecule has 0 amide bonds. The highest BCUT2D eigenvalue weighted by Gasteiger charge is 2.17. The molecule has 0 fully saturated rings. The lowest BCUT2D eigenvalue weighted by molar-refractivity contribution is 0.590. The Morgan fingerprint density at radius 2 is 1.89 bits per heavy atom. The van der Waals surface area contributed by atoms with E-state index in [4.69, 9.17) is 4.98 Å². The molecule has 0 spiro atoms. The van der Waals surface area contributed by atoms with E-state index < -0.39 is 0 Å². The summed E-state index contributed by atoms with van der Waals surface area (Å²) in [6.45, 7) is 10.8. The Morgan fingerprint density at radius 1 is 1.22 bits per heavy atom. The van der Waals surface area contributed by atoms with Crippen molar-refractivity contribution in [2.75, 3.05) is 18.5 Å². The van der Waals surface area contributed by atoms with Crippen LogP contribution >= 0.6 is 11.3 Å². The highest BCUT2D eigenvalue weighted by atomic mass is 32.1. The normalized spacial score (nSPS) is 11.2. The van der Waals surface area contributed by atoms with Gasteiger partial charge in [0.2, 0.25) is 0 Å². The molecule has 3 nitrogen and oxygen atoms in total. The summed E-state index contributed by atoms with van der Waals surface area (Å²) in [6.07, 6.45) is 3.38. The van der Waals surface area contributed by atoms with Crippen molar-refractivity contribution >= 4 is 16.5 Å². The second kappa shape index (κ2) is 7.74. The van der Waals surface area contributed by atoms with Crippen molar-refractivity contribution in [3.8, 4) is 0 Å². The van der Waals surface area contributed by atoms with E-state index in [9.17, 15) is 0 Å². The molecule has 1 heterocycles. The van der Waals surface area contributed by atoms with Crippen LogP contribution < -0.4 is 10.2 Å². The Labute approximate surface area is 116 Å². The van der Waals surface area contributed by atoms with Gasteiger partial charge >= 0.3 is 0 Å². The van der Waals surface area contributed by atoms with Crippen LogP contribution in [0.2, 0.25) is 0 Å². The van der Waals surface area contributed by atoms with Crippen molar-refractivity contribution in [2.45, 2.75) is 59.5 Å². The minimum atomic E-state index is 0.604. The van der Waals surface area contributed by atoms with Crippen molar-refractivity contribution in [3.05, 3.63) is 10.6 Å². The topological polar surface area (TPSA) is 28.2 Å². The molecule has 0 unspecified atom stereocenters. The van der Waals surface area contributed by atoms with Gasteiger partial charge in [-0.15, -0.1) is 11.3 Å². The van der Waals surface area contributed by atoms with Crippen molar-refractivity contribution in [1.29, 1.82) is 0 Å². The molecule has 0 aliphatic carbocycles. The molecule has 1 aromatic heterocycles. The van der Waals surface area contributed by atoms with Gasteiger partial charge in [-0.1, -0.05) is 27.7 Å². The van der Waals surface area contributed by atoms with E-state index in [0.29, 0.717) is 6.04 Å². The smallest absolute Gasteiger partial charge is 0.185 e. The Kier molecular flexibility index (Phi) is 6.65. The largest absolute Gasteiger partial charge is 0.348 e. The zero-order chi connectivity index (χ0) is 13.5. The molecule has 0 atom stereocenters. The fourth-order valence-electron chi connectivity index (χ4n) is 2.17. The third-order valence-corrected chi connectivity index (χ3v) is 4.62. The van der Waals surface area contributed by atoms with E-state index >= 15 is 0 Å². The maximum Gasteiger partial charge on any atom is 0.185 e. The molecule has 104 valence electrons. The van der Waals surface area contributed by atoms with E-state index in [2.05, 4.69) is 45.0 Å². The fraction of sp³-hybridized carbons (Fsp3) is 0.786. The number of thiazole rings is 1. The molecule has 1 rings (SSSR count).